The predicted molar refractivity (Wildman–Crippen MR) is 111 cm³/mol. The van der Waals surface area contributed by atoms with Gasteiger partial charge < -0.3 is 14.7 Å². The van der Waals surface area contributed by atoms with E-state index in [1.54, 1.807) is 70.3 Å². The second-order valence-corrected chi connectivity index (χ2v) is 7.89. The van der Waals surface area contributed by atoms with Gasteiger partial charge in [0.15, 0.2) is 0 Å². The summed E-state index contributed by atoms with van der Waals surface area (Å²) in [5.74, 6) is -0.510. The molecule has 0 fully saturated rings. The third-order valence-electron chi connectivity index (χ3n) is 4.13. The molecule has 0 aliphatic rings. The fourth-order valence-electron chi connectivity index (χ4n) is 2.38. The summed E-state index contributed by atoms with van der Waals surface area (Å²) in [4.78, 5) is 25.7. The van der Waals surface area contributed by atoms with Gasteiger partial charge in [-0.1, -0.05) is 30.3 Å². The van der Waals surface area contributed by atoms with Crippen LogP contribution in [0.3, 0.4) is 0 Å². The minimum absolute atomic E-state index is 0.240. The first-order valence-electron chi connectivity index (χ1n) is 8.74. The van der Waals surface area contributed by atoms with E-state index in [4.69, 9.17) is 16.3 Å². The number of anilines is 1. The van der Waals surface area contributed by atoms with Crippen molar-refractivity contribution in [1.82, 2.24) is 0 Å². The van der Waals surface area contributed by atoms with Crippen LogP contribution in [0, 0.1) is 5.41 Å². The molecule has 0 saturated carbocycles. The zero-order valence-corrected chi connectivity index (χ0v) is 17.2. The first-order chi connectivity index (χ1) is 13.0. The summed E-state index contributed by atoms with van der Waals surface area (Å²) in [5, 5.41) is 11.4. The number of hydrogen-bond donors (Lipinski definition) is 1. The highest BCUT2D eigenvalue weighted by Gasteiger charge is 2.25. The molecule has 2 aromatic carbocycles. The van der Waals surface area contributed by atoms with E-state index in [-0.39, 0.29) is 11.7 Å². The molecule has 0 aliphatic heterocycles. The highest BCUT2D eigenvalue weighted by molar-refractivity contribution is 6.30. The Hall–Kier alpha value is -2.63. The molecular formula is C22H24ClNO4. The van der Waals surface area contributed by atoms with E-state index in [1.165, 1.54) is 11.0 Å². The number of nitrogens with zero attached hydrogens (tertiary/aromatic N) is 1. The topological polar surface area (TPSA) is 66.8 Å². The number of benzene rings is 2. The number of halogens is 1. The number of carbonyl (C=O) groups excluding carboxylic acids is 2. The molecule has 0 spiro atoms. The second-order valence-electron chi connectivity index (χ2n) is 7.46. The maximum Gasteiger partial charge on any atom is 0.316 e. The van der Waals surface area contributed by atoms with Gasteiger partial charge in [0.1, 0.15) is 11.9 Å². The van der Waals surface area contributed by atoms with Crippen LogP contribution in [0.5, 0.6) is 5.75 Å². The van der Waals surface area contributed by atoms with Crippen LogP contribution in [0.1, 0.15) is 38.0 Å². The molecule has 0 aromatic heterocycles. The number of aliphatic hydroxyl groups excluding tert-OH is 1. The summed E-state index contributed by atoms with van der Waals surface area (Å²) in [6.07, 6.45) is 0.194. The van der Waals surface area contributed by atoms with Gasteiger partial charge in [0.05, 0.1) is 5.41 Å². The summed E-state index contributed by atoms with van der Waals surface area (Å²) in [6, 6.07) is 11.6. The van der Waals surface area contributed by atoms with Crippen molar-refractivity contribution in [3.05, 3.63) is 71.3 Å². The molecule has 28 heavy (non-hydrogen) atoms. The Morgan fingerprint density at radius 2 is 1.75 bits per heavy atom. The van der Waals surface area contributed by atoms with Crippen molar-refractivity contribution in [2.45, 2.75) is 26.9 Å². The third kappa shape index (κ3) is 5.21. The first kappa shape index (κ1) is 21.7. The summed E-state index contributed by atoms with van der Waals surface area (Å²) in [6.45, 7) is 8.72. The maximum atomic E-state index is 12.3. The quantitative estimate of drug-likeness (QED) is 0.454. The van der Waals surface area contributed by atoms with E-state index >= 15 is 0 Å². The molecule has 2 rings (SSSR count). The maximum absolute atomic E-state index is 12.3. The van der Waals surface area contributed by atoms with Gasteiger partial charge in [-0.15, -0.1) is 0 Å². The largest absolute Gasteiger partial charge is 0.426 e. The van der Waals surface area contributed by atoms with Crippen LogP contribution in [-0.4, -0.2) is 24.0 Å². The lowest BCUT2D eigenvalue weighted by Crippen LogP contribution is -2.26. The van der Waals surface area contributed by atoms with Crippen LogP contribution in [0.25, 0.3) is 0 Å². The Morgan fingerprint density at radius 1 is 1.14 bits per heavy atom. The zero-order chi connectivity index (χ0) is 21.1. The van der Waals surface area contributed by atoms with Gasteiger partial charge in [-0.05, 0) is 62.2 Å². The fraction of sp³-hybridized carbons (Fsp3) is 0.273. The van der Waals surface area contributed by atoms with Crippen molar-refractivity contribution in [1.29, 1.82) is 0 Å². The van der Waals surface area contributed by atoms with Crippen LogP contribution < -0.4 is 9.64 Å². The summed E-state index contributed by atoms with van der Waals surface area (Å²) in [7, 11) is 1.58. The van der Waals surface area contributed by atoms with Gasteiger partial charge in [0.2, 0.25) is 5.91 Å². The lowest BCUT2D eigenvalue weighted by molar-refractivity contribution is -0.143. The number of ether oxygens (including phenoxy) is 1. The Morgan fingerprint density at radius 3 is 2.29 bits per heavy atom. The lowest BCUT2D eigenvalue weighted by Gasteiger charge is -2.21. The Bertz CT molecular complexity index is 884. The van der Waals surface area contributed by atoms with Gasteiger partial charge in [0, 0.05) is 23.8 Å². The molecule has 0 saturated heterocycles. The number of likely N-dealkylation sites (N-methyl/N-ethyl adjacent to an activating group) is 1. The van der Waals surface area contributed by atoms with Crippen molar-refractivity contribution < 1.29 is 19.4 Å². The molecule has 0 radical (unpaired) electrons. The highest BCUT2D eigenvalue weighted by atomic mass is 35.5. The molecular weight excluding hydrogens is 378 g/mol. The van der Waals surface area contributed by atoms with Crippen molar-refractivity contribution in [2.75, 3.05) is 11.9 Å². The van der Waals surface area contributed by atoms with Crippen molar-refractivity contribution in [3.8, 4) is 5.75 Å². The van der Waals surface area contributed by atoms with Gasteiger partial charge in [-0.3, -0.25) is 9.59 Å². The van der Waals surface area contributed by atoms with Crippen molar-refractivity contribution in [3.63, 3.8) is 0 Å². The zero-order valence-electron chi connectivity index (χ0n) is 16.4. The number of rotatable bonds is 5. The Labute approximate surface area is 170 Å². The molecule has 1 atom stereocenters. The molecule has 6 heteroatoms. The second kappa shape index (κ2) is 8.59. The number of carbonyl (C=O) groups is 2. The van der Waals surface area contributed by atoms with Crippen LogP contribution >= 0.6 is 11.6 Å². The minimum atomic E-state index is -0.989. The molecule has 148 valence electrons. The van der Waals surface area contributed by atoms with Crippen LogP contribution in [-0.2, 0) is 9.59 Å². The third-order valence-corrected chi connectivity index (χ3v) is 4.38. The molecule has 1 amide bonds. The van der Waals surface area contributed by atoms with E-state index in [1.807, 2.05) is 0 Å². The highest BCUT2D eigenvalue weighted by Crippen LogP contribution is 2.32. The monoisotopic (exact) mass is 401 g/mol. The smallest absolute Gasteiger partial charge is 0.316 e. The van der Waals surface area contributed by atoms with Gasteiger partial charge in [-0.2, -0.15) is 0 Å². The van der Waals surface area contributed by atoms with Gasteiger partial charge in [0.25, 0.3) is 0 Å². The Balaban J connectivity index is 2.49. The van der Waals surface area contributed by atoms with Gasteiger partial charge >= 0.3 is 5.97 Å². The average Bonchev–Trinajstić information content (AvgIpc) is 2.65. The summed E-state index contributed by atoms with van der Waals surface area (Å²) < 4.78 is 5.49. The van der Waals surface area contributed by atoms with Crippen LogP contribution in [0.2, 0.25) is 5.02 Å². The van der Waals surface area contributed by atoms with E-state index in [0.717, 1.165) is 0 Å². The Kier molecular flexibility index (Phi) is 6.65. The minimum Gasteiger partial charge on any atom is -0.426 e. The normalized spacial score (nSPS) is 12.2. The van der Waals surface area contributed by atoms with Crippen molar-refractivity contribution in [2.24, 2.45) is 5.41 Å². The fourth-order valence-corrected chi connectivity index (χ4v) is 2.50. The molecule has 1 N–H and O–H groups in total. The van der Waals surface area contributed by atoms with E-state index in [9.17, 15) is 14.7 Å². The SMILES string of the molecule is C=CC(=O)N(C)c1cc(OC(=O)C(C)(C)C)cc(C(O)c2ccc(Cl)cc2)c1. The first-order valence-corrected chi connectivity index (χ1v) is 9.11. The van der Waals surface area contributed by atoms with E-state index in [0.29, 0.717) is 21.8 Å². The molecule has 0 heterocycles. The number of hydrogen-bond acceptors (Lipinski definition) is 4. The average molecular weight is 402 g/mol. The van der Waals surface area contributed by atoms with Gasteiger partial charge in [-0.25, -0.2) is 0 Å². The molecule has 0 aliphatic carbocycles. The molecule has 1 unspecified atom stereocenters. The summed E-state index contributed by atoms with van der Waals surface area (Å²) in [5.41, 5.74) is 0.855. The molecule has 2 aromatic rings. The predicted octanol–water partition coefficient (Wildman–Crippen LogP) is 4.52. The molecule has 0 bridgehead atoms. The lowest BCUT2D eigenvalue weighted by atomic mass is 9.97. The van der Waals surface area contributed by atoms with E-state index < -0.39 is 17.5 Å². The van der Waals surface area contributed by atoms with Crippen LogP contribution in [0.15, 0.2) is 55.1 Å². The standard InChI is InChI=1S/C22H24ClNO4/c1-6-19(25)24(5)17-11-15(20(26)14-7-9-16(23)10-8-14)12-18(13-17)28-21(27)22(2,3)4/h6-13,20,26H,1H2,2-5H3. The van der Waals surface area contributed by atoms with E-state index in [2.05, 4.69) is 6.58 Å². The number of amides is 1. The summed E-state index contributed by atoms with van der Waals surface area (Å²) >= 11 is 5.91. The van der Waals surface area contributed by atoms with Crippen LogP contribution in [0.4, 0.5) is 5.69 Å². The number of aliphatic hydroxyl groups is 1. The molecule has 5 nitrogen and oxygen atoms in total. The van der Waals surface area contributed by atoms with Crippen molar-refractivity contribution >= 4 is 29.2 Å². The number of esters is 1.